The van der Waals surface area contributed by atoms with Gasteiger partial charge in [-0.05, 0) is 30.3 Å². The molecule has 2 N–H and O–H groups in total. The van der Waals surface area contributed by atoms with Gasteiger partial charge in [-0.1, -0.05) is 6.92 Å². The monoisotopic (exact) mass is 239 g/mol. The van der Waals surface area contributed by atoms with Gasteiger partial charge in [-0.2, -0.15) is 0 Å². The zero-order chi connectivity index (χ0) is 11.8. The molecule has 88 valence electrons. The molecule has 0 amide bonds. The Labute approximate surface area is 101 Å². The molecule has 0 aliphatic heterocycles. The zero-order valence-corrected chi connectivity index (χ0v) is 10.4. The predicted molar refractivity (Wildman–Crippen MR) is 68.5 cm³/mol. The van der Waals surface area contributed by atoms with E-state index in [1.54, 1.807) is 13.3 Å². The van der Waals surface area contributed by atoms with E-state index in [4.69, 9.17) is 17.0 Å². The number of pyridine rings is 1. The lowest BCUT2D eigenvalue weighted by Crippen LogP contribution is -2.35. The number of nitrogens with zero attached hydrogens (tertiary/aromatic N) is 1. The van der Waals surface area contributed by atoms with Crippen LogP contribution < -0.4 is 15.4 Å². The number of rotatable bonds is 5. The van der Waals surface area contributed by atoms with Crippen LogP contribution in [-0.4, -0.2) is 23.8 Å². The number of nitrogens with one attached hydrogen (secondary N) is 2. The normalized spacial score (nSPS) is 9.62. The minimum absolute atomic E-state index is 0.617. The largest absolute Gasteiger partial charge is 0.481 e. The summed E-state index contributed by atoms with van der Waals surface area (Å²) in [5.41, 5.74) is 1.09. The van der Waals surface area contributed by atoms with Crippen molar-refractivity contribution in [2.45, 2.75) is 19.9 Å². The smallest absolute Gasteiger partial charge is 0.213 e. The Hall–Kier alpha value is -1.36. The molecule has 0 saturated heterocycles. The number of hydrogen-bond donors (Lipinski definition) is 2. The van der Waals surface area contributed by atoms with Crippen molar-refractivity contribution in [1.82, 2.24) is 15.6 Å². The first-order chi connectivity index (χ1) is 7.76. The van der Waals surface area contributed by atoms with Crippen molar-refractivity contribution in [3.8, 4) is 5.88 Å². The van der Waals surface area contributed by atoms with Crippen molar-refractivity contribution >= 4 is 17.3 Å². The fourth-order valence-corrected chi connectivity index (χ4v) is 1.33. The first-order valence-corrected chi connectivity index (χ1v) is 5.67. The molecular weight excluding hydrogens is 222 g/mol. The summed E-state index contributed by atoms with van der Waals surface area (Å²) in [6.07, 6.45) is 2.78. The van der Waals surface area contributed by atoms with Crippen LogP contribution >= 0.6 is 12.2 Å². The SMILES string of the molecule is CCCNC(=S)NCc1ccnc(OC)c1. The van der Waals surface area contributed by atoms with Crippen LogP contribution in [0, 0.1) is 0 Å². The topological polar surface area (TPSA) is 46.2 Å². The van der Waals surface area contributed by atoms with Gasteiger partial charge in [-0.15, -0.1) is 0 Å². The van der Waals surface area contributed by atoms with Crippen LogP contribution in [0.5, 0.6) is 5.88 Å². The molecule has 1 heterocycles. The van der Waals surface area contributed by atoms with Crippen LogP contribution in [0.25, 0.3) is 0 Å². The van der Waals surface area contributed by atoms with Gasteiger partial charge in [0.2, 0.25) is 5.88 Å². The van der Waals surface area contributed by atoms with Crippen LogP contribution in [-0.2, 0) is 6.54 Å². The quantitative estimate of drug-likeness (QED) is 0.762. The van der Waals surface area contributed by atoms with Gasteiger partial charge in [0.1, 0.15) is 0 Å². The number of hydrogen-bond acceptors (Lipinski definition) is 3. The highest BCUT2D eigenvalue weighted by Crippen LogP contribution is 2.07. The first kappa shape index (κ1) is 12.7. The van der Waals surface area contributed by atoms with Crippen LogP contribution in [0.4, 0.5) is 0 Å². The lowest BCUT2D eigenvalue weighted by atomic mass is 10.2. The third-order valence-electron chi connectivity index (χ3n) is 2.00. The van der Waals surface area contributed by atoms with Crippen molar-refractivity contribution in [2.24, 2.45) is 0 Å². The fraction of sp³-hybridized carbons (Fsp3) is 0.455. The molecule has 0 unspecified atom stereocenters. The van der Waals surface area contributed by atoms with Gasteiger partial charge in [0.25, 0.3) is 0 Å². The molecule has 0 spiro atoms. The van der Waals surface area contributed by atoms with E-state index in [2.05, 4.69) is 22.5 Å². The molecule has 0 aliphatic rings. The molecule has 0 atom stereocenters. The Bertz CT molecular complexity index is 344. The van der Waals surface area contributed by atoms with Crippen LogP contribution in [0.1, 0.15) is 18.9 Å². The minimum Gasteiger partial charge on any atom is -0.481 e. The third-order valence-corrected chi connectivity index (χ3v) is 2.29. The highest BCUT2D eigenvalue weighted by Gasteiger charge is 1.98. The second-order valence-corrected chi connectivity index (χ2v) is 3.72. The summed E-state index contributed by atoms with van der Waals surface area (Å²) < 4.78 is 5.04. The Kier molecular flexibility index (Phi) is 5.56. The number of thiocarbonyl (C=S) groups is 1. The average molecular weight is 239 g/mol. The fourth-order valence-electron chi connectivity index (χ4n) is 1.16. The molecule has 5 heteroatoms. The second-order valence-electron chi connectivity index (χ2n) is 3.32. The molecule has 4 nitrogen and oxygen atoms in total. The summed E-state index contributed by atoms with van der Waals surface area (Å²) in [4.78, 5) is 4.04. The Morgan fingerprint density at radius 2 is 2.31 bits per heavy atom. The molecule has 16 heavy (non-hydrogen) atoms. The third kappa shape index (κ3) is 4.44. The molecule has 1 rings (SSSR count). The Balaban J connectivity index is 2.38. The summed E-state index contributed by atoms with van der Waals surface area (Å²) in [5, 5.41) is 6.91. The van der Waals surface area contributed by atoms with E-state index >= 15 is 0 Å². The molecule has 0 radical (unpaired) electrons. The highest BCUT2D eigenvalue weighted by atomic mass is 32.1. The van der Waals surface area contributed by atoms with Crippen molar-refractivity contribution in [1.29, 1.82) is 0 Å². The van der Waals surface area contributed by atoms with Gasteiger partial charge >= 0.3 is 0 Å². The van der Waals surface area contributed by atoms with E-state index in [9.17, 15) is 0 Å². The van der Waals surface area contributed by atoms with E-state index in [1.807, 2.05) is 12.1 Å². The summed E-state index contributed by atoms with van der Waals surface area (Å²) in [6.45, 7) is 3.67. The molecule has 0 aromatic carbocycles. The van der Waals surface area contributed by atoms with Gasteiger partial charge < -0.3 is 15.4 Å². The molecule has 0 saturated carbocycles. The van der Waals surface area contributed by atoms with Crippen molar-refractivity contribution in [3.63, 3.8) is 0 Å². The van der Waals surface area contributed by atoms with E-state index in [0.717, 1.165) is 18.5 Å². The predicted octanol–water partition coefficient (Wildman–Crippen LogP) is 1.46. The Morgan fingerprint density at radius 1 is 1.50 bits per heavy atom. The molecule has 0 aliphatic carbocycles. The molecule has 0 fully saturated rings. The minimum atomic E-state index is 0.617. The number of ether oxygens (including phenoxy) is 1. The van der Waals surface area contributed by atoms with Crippen LogP contribution in [0.2, 0.25) is 0 Å². The van der Waals surface area contributed by atoms with E-state index < -0.39 is 0 Å². The maximum Gasteiger partial charge on any atom is 0.213 e. The average Bonchev–Trinajstić information content (AvgIpc) is 2.34. The van der Waals surface area contributed by atoms with Crippen molar-refractivity contribution in [3.05, 3.63) is 23.9 Å². The number of methoxy groups -OCH3 is 1. The maximum absolute atomic E-state index is 5.11. The zero-order valence-electron chi connectivity index (χ0n) is 9.62. The highest BCUT2D eigenvalue weighted by molar-refractivity contribution is 7.80. The van der Waals surface area contributed by atoms with Gasteiger partial charge in [0.05, 0.1) is 7.11 Å². The van der Waals surface area contributed by atoms with E-state index in [1.165, 1.54) is 0 Å². The van der Waals surface area contributed by atoms with Crippen molar-refractivity contribution < 1.29 is 4.74 Å². The summed E-state index contributed by atoms with van der Waals surface area (Å²) in [7, 11) is 1.60. The lowest BCUT2D eigenvalue weighted by molar-refractivity contribution is 0.397. The Morgan fingerprint density at radius 3 is 3.00 bits per heavy atom. The van der Waals surface area contributed by atoms with Crippen LogP contribution in [0.15, 0.2) is 18.3 Å². The lowest BCUT2D eigenvalue weighted by Gasteiger charge is -2.09. The maximum atomic E-state index is 5.11. The van der Waals surface area contributed by atoms with Gasteiger partial charge in [0, 0.05) is 25.4 Å². The van der Waals surface area contributed by atoms with Gasteiger partial charge in [-0.25, -0.2) is 4.98 Å². The molecule has 0 bridgehead atoms. The van der Waals surface area contributed by atoms with Crippen molar-refractivity contribution in [2.75, 3.05) is 13.7 Å². The second kappa shape index (κ2) is 7.00. The first-order valence-electron chi connectivity index (χ1n) is 5.27. The van der Waals surface area contributed by atoms with Gasteiger partial charge in [-0.3, -0.25) is 0 Å². The standard InChI is InChI=1S/C11H17N3OS/c1-3-5-13-11(16)14-8-9-4-6-12-10(7-9)15-2/h4,6-7H,3,5,8H2,1-2H3,(H2,13,14,16). The molecular formula is C11H17N3OS. The summed E-state index contributed by atoms with van der Waals surface area (Å²) in [5.74, 6) is 0.617. The number of aromatic nitrogens is 1. The summed E-state index contributed by atoms with van der Waals surface area (Å²) >= 11 is 5.11. The molecule has 1 aromatic rings. The van der Waals surface area contributed by atoms with Gasteiger partial charge in [0.15, 0.2) is 5.11 Å². The van der Waals surface area contributed by atoms with E-state index in [-0.39, 0.29) is 0 Å². The molecule has 1 aromatic heterocycles. The van der Waals surface area contributed by atoms with Crippen LogP contribution in [0.3, 0.4) is 0 Å². The summed E-state index contributed by atoms with van der Waals surface area (Å²) in [6, 6.07) is 3.81. The van der Waals surface area contributed by atoms with E-state index in [0.29, 0.717) is 17.5 Å².